The number of ether oxygens (including phenoxy) is 2. The van der Waals surface area contributed by atoms with Crippen molar-refractivity contribution < 1.29 is 9.47 Å². The summed E-state index contributed by atoms with van der Waals surface area (Å²) >= 11 is 3.51. The second-order valence-electron chi connectivity index (χ2n) is 4.41. The highest BCUT2D eigenvalue weighted by Crippen LogP contribution is 2.32. The molecule has 0 spiro atoms. The molecule has 1 aromatic carbocycles. The van der Waals surface area contributed by atoms with E-state index in [2.05, 4.69) is 34.1 Å². The first-order valence-corrected chi connectivity index (χ1v) is 6.30. The number of methoxy groups -OCH3 is 2. The number of benzene rings is 1. The van der Waals surface area contributed by atoms with Gasteiger partial charge in [0, 0.05) is 25.1 Å². The molecule has 2 rings (SSSR count). The molecule has 1 aliphatic carbocycles. The minimum atomic E-state index is -0.129. The second kappa shape index (κ2) is 4.86. The van der Waals surface area contributed by atoms with Gasteiger partial charge in [0.05, 0.1) is 12.2 Å². The third kappa shape index (κ3) is 2.31. The average molecular weight is 285 g/mol. The minimum absolute atomic E-state index is 0.129. The van der Waals surface area contributed by atoms with E-state index in [0.717, 1.165) is 23.7 Å². The zero-order valence-electron chi connectivity index (χ0n) is 9.75. The summed E-state index contributed by atoms with van der Waals surface area (Å²) in [7, 11) is 3.51. The fourth-order valence-corrected chi connectivity index (χ4v) is 2.83. The summed E-state index contributed by atoms with van der Waals surface area (Å²) in [6.07, 6.45) is 3.03. The summed E-state index contributed by atoms with van der Waals surface area (Å²) in [4.78, 5) is 0. The van der Waals surface area contributed by atoms with E-state index < -0.39 is 0 Å². The fraction of sp³-hybridized carbons (Fsp3) is 0.538. The number of hydrogen-bond donors (Lipinski definition) is 0. The first-order valence-electron chi connectivity index (χ1n) is 5.50. The summed E-state index contributed by atoms with van der Waals surface area (Å²) in [5.74, 6) is 0. The molecule has 16 heavy (non-hydrogen) atoms. The van der Waals surface area contributed by atoms with E-state index in [1.807, 2.05) is 0 Å². The Balaban J connectivity index is 2.25. The Hall–Kier alpha value is -0.380. The van der Waals surface area contributed by atoms with Crippen molar-refractivity contribution in [3.63, 3.8) is 0 Å². The zero-order valence-corrected chi connectivity index (χ0v) is 11.3. The van der Waals surface area contributed by atoms with Gasteiger partial charge in [0.15, 0.2) is 0 Å². The Morgan fingerprint density at radius 1 is 1.31 bits per heavy atom. The van der Waals surface area contributed by atoms with Crippen LogP contribution in [0.2, 0.25) is 0 Å². The first-order chi connectivity index (χ1) is 7.69. The third-order valence-electron chi connectivity index (χ3n) is 3.37. The Kier molecular flexibility index (Phi) is 3.67. The number of aryl methyl sites for hydroxylation is 1. The molecule has 2 nitrogen and oxygen atoms in total. The van der Waals surface area contributed by atoms with Crippen molar-refractivity contribution in [2.24, 2.45) is 0 Å². The van der Waals surface area contributed by atoms with Crippen molar-refractivity contribution in [3.8, 4) is 0 Å². The van der Waals surface area contributed by atoms with E-state index in [4.69, 9.17) is 9.47 Å². The van der Waals surface area contributed by atoms with Gasteiger partial charge in [-0.25, -0.2) is 0 Å². The lowest BCUT2D eigenvalue weighted by Gasteiger charge is -2.36. The highest BCUT2D eigenvalue weighted by atomic mass is 79.9. The van der Waals surface area contributed by atoms with E-state index in [1.165, 1.54) is 11.1 Å². The standard InChI is InChI=1S/C13H17BrO2/c1-15-9-13(16-2)6-5-10-7-12(14)4-3-11(10)8-13/h3-4,7H,5-6,8-9H2,1-2H3. The molecule has 1 aliphatic rings. The van der Waals surface area contributed by atoms with E-state index in [0.29, 0.717) is 6.61 Å². The molecule has 0 aromatic heterocycles. The highest BCUT2D eigenvalue weighted by Gasteiger charge is 2.34. The van der Waals surface area contributed by atoms with Gasteiger partial charge in [-0.2, -0.15) is 0 Å². The van der Waals surface area contributed by atoms with Crippen molar-refractivity contribution in [2.45, 2.75) is 24.9 Å². The van der Waals surface area contributed by atoms with E-state index in [9.17, 15) is 0 Å². The predicted octanol–water partition coefficient (Wildman–Crippen LogP) is 2.97. The maximum Gasteiger partial charge on any atom is 0.0954 e. The molecule has 88 valence electrons. The monoisotopic (exact) mass is 284 g/mol. The molecule has 0 radical (unpaired) electrons. The van der Waals surface area contributed by atoms with Gasteiger partial charge in [-0.05, 0) is 36.1 Å². The maximum atomic E-state index is 5.67. The molecule has 0 saturated carbocycles. The Morgan fingerprint density at radius 2 is 2.12 bits per heavy atom. The largest absolute Gasteiger partial charge is 0.382 e. The van der Waals surface area contributed by atoms with Crippen LogP contribution in [0.3, 0.4) is 0 Å². The van der Waals surface area contributed by atoms with Crippen LogP contribution < -0.4 is 0 Å². The van der Waals surface area contributed by atoms with Gasteiger partial charge in [-0.15, -0.1) is 0 Å². The molecule has 0 amide bonds. The smallest absolute Gasteiger partial charge is 0.0954 e. The van der Waals surface area contributed by atoms with Gasteiger partial charge in [0.1, 0.15) is 0 Å². The SMILES string of the molecule is COCC1(OC)CCc2cc(Br)ccc2C1. The van der Waals surface area contributed by atoms with Gasteiger partial charge < -0.3 is 9.47 Å². The van der Waals surface area contributed by atoms with Gasteiger partial charge in [0.25, 0.3) is 0 Å². The van der Waals surface area contributed by atoms with Crippen molar-refractivity contribution in [1.82, 2.24) is 0 Å². The van der Waals surface area contributed by atoms with Crippen LogP contribution in [0.25, 0.3) is 0 Å². The van der Waals surface area contributed by atoms with Crippen LogP contribution in [0.1, 0.15) is 17.5 Å². The van der Waals surface area contributed by atoms with Crippen LogP contribution >= 0.6 is 15.9 Å². The molecular weight excluding hydrogens is 268 g/mol. The van der Waals surface area contributed by atoms with Crippen LogP contribution in [0.5, 0.6) is 0 Å². The Morgan fingerprint density at radius 3 is 2.81 bits per heavy atom. The average Bonchev–Trinajstić information content (AvgIpc) is 2.30. The van der Waals surface area contributed by atoms with Gasteiger partial charge in [0.2, 0.25) is 0 Å². The van der Waals surface area contributed by atoms with E-state index in [-0.39, 0.29) is 5.60 Å². The lowest BCUT2D eigenvalue weighted by atomic mass is 9.81. The summed E-state index contributed by atoms with van der Waals surface area (Å²) in [5.41, 5.74) is 2.68. The van der Waals surface area contributed by atoms with Crippen LogP contribution in [0.4, 0.5) is 0 Å². The minimum Gasteiger partial charge on any atom is -0.382 e. The molecule has 0 aliphatic heterocycles. The van der Waals surface area contributed by atoms with Crippen molar-refractivity contribution in [3.05, 3.63) is 33.8 Å². The molecular formula is C13H17BrO2. The molecule has 1 aromatic rings. The normalized spacial score (nSPS) is 24.2. The number of halogens is 1. The van der Waals surface area contributed by atoms with Gasteiger partial charge in [-0.3, -0.25) is 0 Å². The van der Waals surface area contributed by atoms with E-state index >= 15 is 0 Å². The maximum absolute atomic E-state index is 5.67. The van der Waals surface area contributed by atoms with Crippen molar-refractivity contribution in [2.75, 3.05) is 20.8 Å². The molecule has 1 atom stereocenters. The fourth-order valence-electron chi connectivity index (χ4n) is 2.42. The zero-order chi connectivity index (χ0) is 11.6. The van der Waals surface area contributed by atoms with Gasteiger partial charge >= 0.3 is 0 Å². The summed E-state index contributed by atoms with van der Waals surface area (Å²) in [5, 5.41) is 0. The number of rotatable bonds is 3. The molecule has 0 saturated heterocycles. The topological polar surface area (TPSA) is 18.5 Å². The molecule has 0 heterocycles. The summed E-state index contributed by atoms with van der Waals surface area (Å²) in [6.45, 7) is 0.666. The second-order valence-corrected chi connectivity index (χ2v) is 5.33. The molecule has 3 heteroatoms. The van der Waals surface area contributed by atoms with Crippen LogP contribution in [0.15, 0.2) is 22.7 Å². The highest BCUT2D eigenvalue weighted by molar-refractivity contribution is 9.10. The summed E-state index contributed by atoms with van der Waals surface area (Å²) < 4.78 is 12.1. The quantitative estimate of drug-likeness (QED) is 0.850. The van der Waals surface area contributed by atoms with Crippen molar-refractivity contribution >= 4 is 15.9 Å². The van der Waals surface area contributed by atoms with Crippen LogP contribution in [-0.4, -0.2) is 26.4 Å². The van der Waals surface area contributed by atoms with Crippen molar-refractivity contribution in [1.29, 1.82) is 0 Å². The van der Waals surface area contributed by atoms with E-state index in [1.54, 1.807) is 14.2 Å². The lowest BCUT2D eigenvalue weighted by Crippen LogP contribution is -2.42. The number of fused-ring (bicyclic) bond motifs is 1. The lowest BCUT2D eigenvalue weighted by molar-refractivity contribution is -0.0722. The predicted molar refractivity (Wildman–Crippen MR) is 67.8 cm³/mol. The van der Waals surface area contributed by atoms with Crippen LogP contribution in [0, 0.1) is 0 Å². The summed E-state index contributed by atoms with van der Waals surface area (Å²) in [6, 6.07) is 6.49. The third-order valence-corrected chi connectivity index (χ3v) is 3.86. The molecule has 1 unspecified atom stereocenters. The Bertz CT molecular complexity index is 378. The first kappa shape index (κ1) is 12.1. The van der Waals surface area contributed by atoms with Crippen LogP contribution in [-0.2, 0) is 22.3 Å². The van der Waals surface area contributed by atoms with Gasteiger partial charge in [-0.1, -0.05) is 22.0 Å². The molecule has 0 fully saturated rings. The Labute approximate surface area is 105 Å². The molecule has 0 bridgehead atoms. The molecule has 0 N–H and O–H groups in total. The number of hydrogen-bond acceptors (Lipinski definition) is 2.